The normalized spacial score (nSPS) is 30.2. The molecule has 4 heteroatoms. The van der Waals surface area contributed by atoms with Gasteiger partial charge in [0, 0.05) is 0 Å². The number of ether oxygens (including phenoxy) is 2. The third-order valence-corrected chi connectivity index (χ3v) is 3.31. The second-order valence-electron chi connectivity index (χ2n) is 5.37. The number of carbonyl (C=O) groups excluding carboxylic acids is 2. The number of hydrogen-bond donors (Lipinski definition) is 0. The molecule has 0 spiro atoms. The molecule has 98 valence electrons. The molecule has 0 N–H and O–H groups in total. The van der Waals surface area contributed by atoms with E-state index in [2.05, 4.69) is 0 Å². The minimum absolute atomic E-state index is 0.135. The van der Waals surface area contributed by atoms with Crippen molar-refractivity contribution >= 4 is 11.9 Å². The third kappa shape index (κ3) is 2.99. The van der Waals surface area contributed by atoms with Gasteiger partial charge in [0.1, 0.15) is 6.10 Å². The van der Waals surface area contributed by atoms with Crippen LogP contribution in [0.5, 0.6) is 0 Å². The van der Waals surface area contributed by atoms with E-state index in [1.807, 2.05) is 27.7 Å². The Bertz CT molecular complexity index is 311. The molecule has 0 radical (unpaired) electrons. The number of hydrogen-bond acceptors (Lipinski definition) is 4. The van der Waals surface area contributed by atoms with Crippen LogP contribution >= 0.6 is 0 Å². The predicted octanol–water partition coefficient (Wildman–Crippen LogP) is 2.31. The van der Waals surface area contributed by atoms with E-state index in [0.717, 1.165) is 6.42 Å². The van der Waals surface area contributed by atoms with Gasteiger partial charge in [-0.05, 0) is 19.3 Å². The molecule has 3 unspecified atom stereocenters. The zero-order valence-electron chi connectivity index (χ0n) is 11.3. The molecule has 4 nitrogen and oxygen atoms in total. The summed E-state index contributed by atoms with van der Waals surface area (Å²) >= 11 is 0. The SMILES string of the molecule is CCC(C)C(=O)OC1(C)CC(=O)OC1C(C)C. The van der Waals surface area contributed by atoms with Gasteiger partial charge >= 0.3 is 11.9 Å². The van der Waals surface area contributed by atoms with Crippen LogP contribution in [0.15, 0.2) is 0 Å². The molecule has 0 aromatic heterocycles. The smallest absolute Gasteiger partial charge is 0.310 e. The van der Waals surface area contributed by atoms with Gasteiger partial charge in [0.25, 0.3) is 0 Å². The molecule has 1 saturated heterocycles. The molecule has 1 aliphatic heterocycles. The monoisotopic (exact) mass is 242 g/mol. The van der Waals surface area contributed by atoms with Gasteiger partial charge in [0.15, 0.2) is 5.60 Å². The molecular formula is C13H22O4. The maximum absolute atomic E-state index is 11.8. The van der Waals surface area contributed by atoms with E-state index in [1.165, 1.54) is 0 Å². The second-order valence-corrected chi connectivity index (χ2v) is 5.37. The first kappa shape index (κ1) is 14.0. The predicted molar refractivity (Wildman–Crippen MR) is 63.3 cm³/mol. The van der Waals surface area contributed by atoms with Gasteiger partial charge in [-0.1, -0.05) is 27.7 Å². The molecule has 0 saturated carbocycles. The van der Waals surface area contributed by atoms with Gasteiger partial charge in [0.05, 0.1) is 12.3 Å². The third-order valence-electron chi connectivity index (χ3n) is 3.31. The minimum atomic E-state index is -0.814. The largest absolute Gasteiger partial charge is 0.458 e. The summed E-state index contributed by atoms with van der Waals surface area (Å²) < 4.78 is 10.7. The van der Waals surface area contributed by atoms with Crippen LogP contribution in [0.25, 0.3) is 0 Å². The summed E-state index contributed by atoms with van der Waals surface area (Å²) in [7, 11) is 0. The van der Waals surface area contributed by atoms with Crippen molar-refractivity contribution in [1.29, 1.82) is 0 Å². The van der Waals surface area contributed by atoms with Crippen molar-refractivity contribution in [3.05, 3.63) is 0 Å². The Kier molecular flexibility index (Phi) is 4.17. The fourth-order valence-corrected chi connectivity index (χ4v) is 2.13. The molecule has 0 aromatic rings. The summed E-state index contributed by atoms with van der Waals surface area (Å²) in [5.41, 5.74) is -0.814. The molecule has 3 atom stereocenters. The standard InChI is InChI=1S/C13H22O4/c1-6-9(4)12(15)17-13(5)7-10(14)16-11(13)8(2)3/h8-9,11H,6-7H2,1-5H3. The quantitative estimate of drug-likeness (QED) is 0.710. The molecule has 1 heterocycles. The Morgan fingerprint density at radius 1 is 1.53 bits per heavy atom. The fraction of sp³-hybridized carbons (Fsp3) is 0.846. The Balaban J connectivity index is 2.78. The van der Waals surface area contributed by atoms with Crippen molar-refractivity contribution < 1.29 is 19.1 Å². The molecular weight excluding hydrogens is 220 g/mol. The van der Waals surface area contributed by atoms with Crippen LogP contribution in [-0.4, -0.2) is 23.6 Å². The van der Waals surface area contributed by atoms with Crippen LogP contribution < -0.4 is 0 Å². The summed E-state index contributed by atoms with van der Waals surface area (Å²) in [6, 6.07) is 0. The molecule has 0 aromatic carbocycles. The van der Waals surface area contributed by atoms with Gasteiger partial charge in [0.2, 0.25) is 0 Å². The van der Waals surface area contributed by atoms with Crippen LogP contribution in [0.1, 0.15) is 47.5 Å². The number of cyclic esters (lactones) is 1. The highest BCUT2D eigenvalue weighted by molar-refractivity contribution is 5.77. The fourth-order valence-electron chi connectivity index (χ4n) is 2.13. The maximum Gasteiger partial charge on any atom is 0.310 e. The van der Waals surface area contributed by atoms with Crippen molar-refractivity contribution in [1.82, 2.24) is 0 Å². The van der Waals surface area contributed by atoms with Crippen LogP contribution in [0.2, 0.25) is 0 Å². The summed E-state index contributed by atoms with van der Waals surface area (Å²) in [4.78, 5) is 23.2. The molecule has 0 amide bonds. The first-order chi connectivity index (χ1) is 7.80. The van der Waals surface area contributed by atoms with Crippen molar-refractivity contribution in [3.8, 4) is 0 Å². The lowest BCUT2D eigenvalue weighted by atomic mass is 9.89. The van der Waals surface area contributed by atoms with Crippen LogP contribution in [0, 0.1) is 11.8 Å². The van der Waals surface area contributed by atoms with E-state index in [0.29, 0.717) is 0 Å². The van der Waals surface area contributed by atoms with Crippen molar-refractivity contribution in [2.45, 2.75) is 59.2 Å². The Morgan fingerprint density at radius 2 is 2.12 bits per heavy atom. The Hall–Kier alpha value is -1.06. The molecule has 1 rings (SSSR count). The lowest BCUT2D eigenvalue weighted by Crippen LogP contribution is -2.43. The number of esters is 2. The van der Waals surface area contributed by atoms with Crippen LogP contribution in [-0.2, 0) is 19.1 Å². The highest BCUT2D eigenvalue weighted by Gasteiger charge is 2.50. The minimum Gasteiger partial charge on any atom is -0.458 e. The van der Waals surface area contributed by atoms with E-state index in [-0.39, 0.29) is 36.3 Å². The number of carbonyl (C=O) groups is 2. The van der Waals surface area contributed by atoms with Gasteiger partial charge in [-0.25, -0.2) is 0 Å². The lowest BCUT2D eigenvalue weighted by molar-refractivity contribution is -0.171. The van der Waals surface area contributed by atoms with Crippen LogP contribution in [0.4, 0.5) is 0 Å². The van der Waals surface area contributed by atoms with Gasteiger partial charge in [-0.3, -0.25) is 9.59 Å². The van der Waals surface area contributed by atoms with Gasteiger partial charge < -0.3 is 9.47 Å². The van der Waals surface area contributed by atoms with E-state index >= 15 is 0 Å². The van der Waals surface area contributed by atoms with E-state index in [9.17, 15) is 9.59 Å². The van der Waals surface area contributed by atoms with Gasteiger partial charge in [-0.15, -0.1) is 0 Å². The summed E-state index contributed by atoms with van der Waals surface area (Å²) in [6.07, 6.45) is 0.539. The summed E-state index contributed by atoms with van der Waals surface area (Å²) in [5.74, 6) is -0.548. The van der Waals surface area contributed by atoms with E-state index < -0.39 is 5.60 Å². The number of rotatable bonds is 4. The van der Waals surface area contributed by atoms with Crippen LogP contribution in [0.3, 0.4) is 0 Å². The zero-order chi connectivity index (χ0) is 13.2. The summed E-state index contributed by atoms with van der Waals surface area (Å²) in [6.45, 7) is 9.46. The van der Waals surface area contributed by atoms with Crippen molar-refractivity contribution in [3.63, 3.8) is 0 Å². The maximum atomic E-state index is 11.8. The highest BCUT2D eigenvalue weighted by atomic mass is 16.6. The van der Waals surface area contributed by atoms with E-state index in [4.69, 9.17) is 9.47 Å². The van der Waals surface area contributed by atoms with Crippen molar-refractivity contribution in [2.75, 3.05) is 0 Å². The molecule has 0 bridgehead atoms. The molecule has 1 aliphatic rings. The van der Waals surface area contributed by atoms with Gasteiger partial charge in [-0.2, -0.15) is 0 Å². The van der Waals surface area contributed by atoms with E-state index in [1.54, 1.807) is 6.92 Å². The molecule has 0 aliphatic carbocycles. The average Bonchev–Trinajstić information content (AvgIpc) is 2.52. The zero-order valence-corrected chi connectivity index (χ0v) is 11.3. The molecule has 17 heavy (non-hydrogen) atoms. The van der Waals surface area contributed by atoms with Crippen molar-refractivity contribution in [2.24, 2.45) is 11.8 Å². The lowest BCUT2D eigenvalue weighted by Gasteiger charge is -2.31. The molecule has 1 fully saturated rings. The summed E-state index contributed by atoms with van der Waals surface area (Å²) in [5, 5.41) is 0. The first-order valence-electron chi connectivity index (χ1n) is 6.22. The second kappa shape index (κ2) is 5.07. The topological polar surface area (TPSA) is 52.6 Å². The Labute approximate surface area is 103 Å². The first-order valence-corrected chi connectivity index (χ1v) is 6.22. The average molecular weight is 242 g/mol. The highest BCUT2D eigenvalue weighted by Crippen LogP contribution is 2.35. The Morgan fingerprint density at radius 3 is 2.59 bits per heavy atom.